The van der Waals surface area contributed by atoms with Gasteiger partial charge in [-0.1, -0.05) is 49.1 Å². The summed E-state index contributed by atoms with van der Waals surface area (Å²) in [5, 5.41) is 11.8. The Morgan fingerprint density at radius 1 is 1.40 bits per heavy atom. The molecule has 0 bridgehead atoms. The molecule has 1 atom stereocenters. The number of morpholine rings is 1. The van der Waals surface area contributed by atoms with Gasteiger partial charge in [-0.05, 0) is 18.1 Å². The largest absolute Gasteiger partial charge is 0.375 e. The Morgan fingerprint density at radius 3 is 3.04 bits per heavy atom. The van der Waals surface area contributed by atoms with Gasteiger partial charge in [0.25, 0.3) is 0 Å². The highest BCUT2D eigenvalue weighted by Gasteiger charge is 2.21. The number of benzene rings is 1. The van der Waals surface area contributed by atoms with E-state index in [9.17, 15) is 4.39 Å². The first-order valence-corrected chi connectivity index (χ1v) is 10.2. The first-order chi connectivity index (χ1) is 12.1. The van der Waals surface area contributed by atoms with Gasteiger partial charge >= 0.3 is 0 Å². The fourth-order valence-electron chi connectivity index (χ4n) is 2.72. The fraction of sp³-hybridized carbons (Fsp3) is 0.529. The highest BCUT2D eigenvalue weighted by molar-refractivity contribution is 8.01. The minimum atomic E-state index is -0.298. The van der Waals surface area contributed by atoms with Crippen molar-refractivity contribution in [1.29, 1.82) is 0 Å². The number of nitrogens with one attached hydrogen (secondary N) is 1. The van der Waals surface area contributed by atoms with Gasteiger partial charge in [0.15, 0.2) is 4.34 Å². The van der Waals surface area contributed by atoms with Gasteiger partial charge in [-0.15, -0.1) is 10.2 Å². The predicted molar refractivity (Wildman–Crippen MR) is 101 cm³/mol. The van der Waals surface area contributed by atoms with Crippen molar-refractivity contribution < 1.29 is 9.13 Å². The number of hydrogen-bond donors (Lipinski definition) is 1. The highest BCUT2D eigenvalue weighted by Crippen LogP contribution is 2.29. The molecule has 2 aromatic rings. The standard InChI is InChI=1S/C17H23FN4OS2/c1-12(2)9-22-7-8-23-13(10-22)11-24-17-21-20-16(25-17)19-15-6-4-3-5-14(15)18/h3-6,12-13H,7-11H2,1-2H3,(H,19,20). The van der Waals surface area contributed by atoms with Crippen molar-refractivity contribution in [3.05, 3.63) is 30.1 Å². The Kier molecular flexibility index (Phi) is 6.63. The van der Waals surface area contributed by atoms with Crippen LogP contribution in [0.25, 0.3) is 0 Å². The maximum Gasteiger partial charge on any atom is 0.210 e. The smallest absolute Gasteiger partial charge is 0.210 e. The summed E-state index contributed by atoms with van der Waals surface area (Å²) in [5.74, 6) is 1.22. The Labute approximate surface area is 156 Å². The van der Waals surface area contributed by atoms with Gasteiger partial charge in [0, 0.05) is 25.4 Å². The van der Waals surface area contributed by atoms with E-state index in [1.165, 1.54) is 17.4 Å². The van der Waals surface area contributed by atoms with Gasteiger partial charge in [-0.25, -0.2) is 4.39 Å². The summed E-state index contributed by atoms with van der Waals surface area (Å²) >= 11 is 3.07. The molecule has 0 aliphatic carbocycles. The number of aromatic nitrogens is 2. The van der Waals surface area contributed by atoms with Crippen molar-refractivity contribution in [2.24, 2.45) is 5.92 Å². The third kappa shape index (κ3) is 5.64. The van der Waals surface area contributed by atoms with Crippen LogP contribution in [0, 0.1) is 11.7 Å². The third-order valence-corrected chi connectivity index (χ3v) is 5.86. The summed E-state index contributed by atoms with van der Waals surface area (Å²) in [5.41, 5.74) is 0.412. The lowest BCUT2D eigenvalue weighted by Crippen LogP contribution is -2.44. The third-order valence-electron chi connectivity index (χ3n) is 3.76. The van der Waals surface area contributed by atoms with E-state index in [1.54, 1.807) is 30.0 Å². The second-order valence-corrected chi connectivity index (χ2v) is 8.68. The Balaban J connectivity index is 1.49. The van der Waals surface area contributed by atoms with E-state index in [2.05, 4.69) is 34.3 Å². The molecule has 0 radical (unpaired) electrons. The minimum Gasteiger partial charge on any atom is -0.375 e. The molecule has 1 aromatic carbocycles. The summed E-state index contributed by atoms with van der Waals surface area (Å²) < 4.78 is 20.4. The molecule has 1 aliphatic rings. The maximum atomic E-state index is 13.7. The Hall–Kier alpha value is -1.22. The molecule has 0 spiro atoms. The highest BCUT2D eigenvalue weighted by atomic mass is 32.2. The molecule has 0 saturated carbocycles. The van der Waals surface area contributed by atoms with Crippen molar-refractivity contribution in [3.8, 4) is 0 Å². The number of rotatable bonds is 7. The molecule has 5 nitrogen and oxygen atoms in total. The topological polar surface area (TPSA) is 50.3 Å². The normalized spacial score (nSPS) is 18.6. The molecule has 1 saturated heterocycles. The van der Waals surface area contributed by atoms with Gasteiger partial charge < -0.3 is 10.1 Å². The monoisotopic (exact) mass is 382 g/mol. The van der Waals surface area contributed by atoms with Gasteiger partial charge in [0.05, 0.1) is 18.4 Å². The summed E-state index contributed by atoms with van der Waals surface area (Å²) in [4.78, 5) is 2.46. The molecule has 1 aliphatic heterocycles. The number of ether oxygens (including phenoxy) is 1. The van der Waals surface area contributed by atoms with E-state index in [0.29, 0.717) is 16.7 Å². The summed E-state index contributed by atoms with van der Waals surface area (Å²) in [7, 11) is 0. The molecule has 0 amide bonds. The molecule has 3 rings (SSSR count). The van der Waals surface area contributed by atoms with Crippen LogP contribution in [-0.2, 0) is 4.74 Å². The molecule has 1 N–H and O–H groups in total. The number of halogens is 1. The maximum absolute atomic E-state index is 13.7. The molecule has 1 fully saturated rings. The molecular weight excluding hydrogens is 359 g/mol. The second kappa shape index (κ2) is 8.93. The van der Waals surface area contributed by atoms with Crippen LogP contribution in [0.4, 0.5) is 15.2 Å². The van der Waals surface area contributed by atoms with Crippen LogP contribution >= 0.6 is 23.1 Å². The van der Waals surface area contributed by atoms with Crippen molar-refractivity contribution >= 4 is 33.9 Å². The van der Waals surface area contributed by atoms with E-state index in [4.69, 9.17) is 4.74 Å². The van der Waals surface area contributed by atoms with Gasteiger partial charge in [-0.3, -0.25) is 4.90 Å². The van der Waals surface area contributed by atoms with Crippen LogP contribution in [0.3, 0.4) is 0 Å². The Morgan fingerprint density at radius 2 is 2.24 bits per heavy atom. The number of nitrogens with zero attached hydrogens (tertiary/aromatic N) is 3. The zero-order valence-corrected chi connectivity index (χ0v) is 16.1. The van der Waals surface area contributed by atoms with E-state index >= 15 is 0 Å². The Bertz CT molecular complexity index is 682. The van der Waals surface area contributed by atoms with Crippen LogP contribution in [0.2, 0.25) is 0 Å². The van der Waals surface area contributed by atoms with Crippen LogP contribution in [0.5, 0.6) is 0 Å². The molecule has 136 valence electrons. The van der Waals surface area contributed by atoms with E-state index < -0.39 is 0 Å². The SMILES string of the molecule is CC(C)CN1CCOC(CSc2nnc(Nc3ccccc3F)s2)C1. The fourth-order valence-corrected chi connectivity index (χ4v) is 4.52. The van der Waals surface area contributed by atoms with Crippen molar-refractivity contribution in [1.82, 2.24) is 15.1 Å². The number of para-hydroxylation sites is 1. The first-order valence-electron chi connectivity index (χ1n) is 8.42. The van der Waals surface area contributed by atoms with Crippen molar-refractivity contribution in [3.63, 3.8) is 0 Å². The van der Waals surface area contributed by atoms with E-state index in [1.807, 2.05) is 0 Å². The molecule has 2 heterocycles. The molecule has 25 heavy (non-hydrogen) atoms. The lowest BCUT2D eigenvalue weighted by molar-refractivity contribution is -0.0191. The quantitative estimate of drug-likeness (QED) is 0.734. The van der Waals surface area contributed by atoms with Crippen LogP contribution in [-0.4, -0.2) is 53.2 Å². The van der Waals surface area contributed by atoms with Crippen LogP contribution in [0.1, 0.15) is 13.8 Å². The zero-order chi connectivity index (χ0) is 17.6. The number of thioether (sulfide) groups is 1. The van der Waals surface area contributed by atoms with Gasteiger partial charge in [0.1, 0.15) is 5.82 Å². The van der Waals surface area contributed by atoms with Crippen LogP contribution in [0.15, 0.2) is 28.6 Å². The van der Waals surface area contributed by atoms with E-state index in [0.717, 1.165) is 36.3 Å². The first kappa shape index (κ1) is 18.6. The van der Waals surface area contributed by atoms with E-state index in [-0.39, 0.29) is 11.9 Å². The number of anilines is 2. The predicted octanol–water partition coefficient (Wildman–Crippen LogP) is 3.87. The zero-order valence-electron chi connectivity index (χ0n) is 14.4. The van der Waals surface area contributed by atoms with Gasteiger partial charge in [-0.2, -0.15) is 0 Å². The van der Waals surface area contributed by atoms with Gasteiger partial charge in [0.2, 0.25) is 5.13 Å². The molecule has 8 heteroatoms. The molecular formula is C17H23FN4OS2. The second-order valence-electron chi connectivity index (χ2n) is 6.44. The number of hydrogen-bond acceptors (Lipinski definition) is 7. The van der Waals surface area contributed by atoms with Crippen LogP contribution < -0.4 is 5.32 Å². The van der Waals surface area contributed by atoms with Crippen molar-refractivity contribution in [2.75, 3.05) is 37.3 Å². The summed E-state index contributed by atoms with van der Waals surface area (Å²) in [6.45, 7) is 8.35. The summed E-state index contributed by atoms with van der Waals surface area (Å²) in [6, 6.07) is 6.55. The molecule has 1 unspecified atom stereocenters. The average molecular weight is 383 g/mol. The minimum absolute atomic E-state index is 0.212. The van der Waals surface area contributed by atoms with Crippen molar-refractivity contribution in [2.45, 2.75) is 24.3 Å². The molecule has 1 aromatic heterocycles. The average Bonchev–Trinajstić information content (AvgIpc) is 3.02. The lowest BCUT2D eigenvalue weighted by Gasteiger charge is -2.33. The lowest BCUT2D eigenvalue weighted by atomic mass is 10.2. The summed E-state index contributed by atoms with van der Waals surface area (Å²) in [6.07, 6.45) is 0.212.